The predicted molar refractivity (Wildman–Crippen MR) is 102 cm³/mol. The molecule has 0 aliphatic carbocycles. The highest BCUT2D eigenvalue weighted by atomic mass is 16.4. The summed E-state index contributed by atoms with van der Waals surface area (Å²) in [6.45, 7) is 3.58. The summed E-state index contributed by atoms with van der Waals surface area (Å²) in [6, 6.07) is 6.62. The number of nitrogens with zero attached hydrogens (tertiary/aromatic N) is 3. The van der Waals surface area contributed by atoms with E-state index in [1.807, 2.05) is 0 Å². The first-order valence-electron chi connectivity index (χ1n) is 9.26. The highest BCUT2D eigenvalue weighted by Crippen LogP contribution is 2.33. The molecule has 2 aromatic rings. The molecule has 0 spiro atoms. The van der Waals surface area contributed by atoms with E-state index in [1.165, 1.54) is 61.2 Å². The first kappa shape index (κ1) is 19.1. The minimum atomic E-state index is -1.26. The number of hydrogen-bond donors (Lipinski definition) is 2. The number of piperidine rings is 1. The van der Waals surface area contributed by atoms with Gasteiger partial charge in [0.2, 0.25) is 0 Å². The number of likely N-dealkylation sites (tertiary alicyclic amines) is 1. The van der Waals surface area contributed by atoms with Crippen molar-refractivity contribution in [3.8, 4) is 0 Å². The fraction of sp³-hybridized carbons (Fsp3) is 0.450. The first-order valence-corrected chi connectivity index (χ1v) is 9.26. The first-order chi connectivity index (χ1) is 13.0. The lowest BCUT2D eigenvalue weighted by atomic mass is 9.96. The molecular weight excluding hydrogens is 346 g/mol. The van der Waals surface area contributed by atoms with E-state index in [1.54, 1.807) is 0 Å². The molecule has 0 radical (unpaired) electrons. The van der Waals surface area contributed by atoms with Crippen LogP contribution in [0.2, 0.25) is 0 Å². The summed E-state index contributed by atoms with van der Waals surface area (Å²) in [6.07, 6.45) is 6.12. The monoisotopic (exact) mass is 371 g/mol. The number of rotatable bonds is 3. The third-order valence-electron chi connectivity index (χ3n) is 5.16. The molecule has 0 amide bonds. The van der Waals surface area contributed by atoms with Gasteiger partial charge in [-0.05, 0) is 57.5 Å². The Bertz CT molecular complexity index is 847. The normalized spacial score (nSPS) is 17.7. The molecule has 1 aromatic heterocycles. The summed E-state index contributed by atoms with van der Waals surface area (Å²) in [5.41, 5.74) is 4.13. The van der Waals surface area contributed by atoms with Crippen LogP contribution >= 0.6 is 0 Å². The maximum Gasteiger partial charge on any atom is 0.328 e. The van der Waals surface area contributed by atoms with Gasteiger partial charge in [0.05, 0.1) is 11.0 Å². The topological polar surface area (TPSA) is 95.7 Å². The number of aliphatic carboxylic acids is 2. The molecule has 7 nitrogen and oxygen atoms in total. The molecule has 2 N–H and O–H groups in total. The van der Waals surface area contributed by atoms with Crippen molar-refractivity contribution in [1.29, 1.82) is 0 Å². The van der Waals surface area contributed by atoms with Gasteiger partial charge in [0.25, 0.3) is 0 Å². The van der Waals surface area contributed by atoms with Gasteiger partial charge in [-0.3, -0.25) is 0 Å². The molecule has 3 heterocycles. The van der Waals surface area contributed by atoms with E-state index in [9.17, 15) is 9.59 Å². The molecule has 144 valence electrons. The number of carboxylic acids is 2. The van der Waals surface area contributed by atoms with Gasteiger partial charge in [-0.2, -0.15) is 0 Å². The van der Waals surface area contributed by atoms with Crippen LogP contribution in [0.1, 0.15) is 36.6 Å². The Hall–Kier alpha value is -2.67. The van der Waals surface area contributed by atoms with E-state index in [0.717, 1.165) is 6.54 Å². The van der Waals surface area contributed by atoms with Crippen molar-refractivity contribution in [3.05, 3.63) is 41.7 Å². The average molecular weight is 371 g/mol. The maximum absolute atomic E-state index is 9.55. The van der Waals surface area contributed by atoms with Crippen molar-refractivity contribution in [2.24, 2.45) is 0 Å². The van der Waals surface area contributed by atoms with E-state index >= 15 is 0 Å². The second kappa shape index (κ2) is 8.35. The highest BCUT2D eigenvalue weighted by Gasteiger charge is 2.26. The van der Waals surface area contributed by atoms with Crippen LogP contribution in [0.4, 0.5) is 0 Å². The van der Waals surface area contributed by atoms with Gasteiger partial charge in [0, 0.05) is 24.6 Å². The molecule has 1 fully saturated rings. The quantitative estimate of drug-likeness (QED) is 0.805. The molecule has 1 aromatic carbocycles. The van der Waals surface area contributed by atoms with Crippen LogP contribution < -0.4 is 0 Å². The molecule has 0 bridgehead atoms. The maximum atomic E-state index is 9.55. The van der Waals surface area contributed by atoms with Crippen LogP contribution in [0.25, 0.3) is 11.0 Å². The second-order valence-electron chi connectivity index (χ2n) is 7.10. The van der Waals surface area contributed by atoms with Crippen molar-refractivity contribution in [3.63, 3.8) is 0 Å². The number of aryl methyl sites for hydroxylation is 2. The number of imidazole rings is 1. The summed E-state index contributed by atoms with van der Waals surface area (Å²) in [5.74, 6) is -0.496. The molecule has 2 aliphatic heterocycles. The predicted octanol–water partition coefficient (Wildman–Crippen LogP) is 2.50. The summed E-state index contributed by atoms with van der Waals surface area (Å²) >= 11 is 0. The van der Waals surface area contributed by atoms with Crippen LogP contribution in [-0.2, 0) is 22.6 Å². The average Bonchev–Trinajstić information content (AvgIpc) is 3.02. The molecule has 2 aliphatic rings. The van der Waals surface area contributed by atoms with Gasteiger partial charge < -0.3 is 19.7 Å². The smallest absolute Gasteiger partial charge is 0.328 e. The highest BCUT2D eigenvalue weighted by molar-refractivity contribution is 5.89. The van der Waals surface area contributed by atoms with Crippen molar-refractivity contribution < 1.29 is 19.8 Å². The number of carbonyl (C=O) groups is 2. The summed E-state index contributed by atoms with van der Waals surface area (Å²) < 4.78 is 2.52. The fourth-order valence-electron chi connectivity index (χ4n) is 3.85. The van der Waals surface area contributed by atoms with Gasteiger partial charge in [-0.25, -0.2) is 14.6 Å². The van der Waals surface area contributed by atoms with Crippen LogP contribution in [0.5, 0.6) is 0 Å². The third-order valence-corrected chi connectivity index (χ3v) is 5.16. The van der Waals surface area contributed by atoms with E-state index in [0.29, 0.717) is 18.1 Å². The van der Waals surface area contributed by atoms with Gasteiger partial charge in [-0.15, -0.1) is 0 Å². The lowest BCUT2D eigenvalue weighted by molar-refractivity contribution is -0.134. The summed E-state index contributed by atoms with van der Waals surface area (Å²) in [4.78, 5) is 26.5. The van der Waals surface area contributed by atoms with Crippen LogP contribution in [-0.4, -0.2) is 56.7 Å². The number of aromatic nitrogens is 2. The van der Waals surface area contributed by atoms with E-state index in [4.69, 9.17) is 15.2 Å². The Labute approximate surface area is 157 Å². The Morgan fingerprint density at radius 3 is 2.41 bits per heavy atom. The molecule has 0 unspecified atom stereocenters. The molecule has 4 rings (SSSR count). The van der Waals surface area contributed by atoms with Crippen molar-refractivity contribution in [1.82, 2.24) is 14.5 Å². The minimum absolute atomic E-state index is 0.558. The van der Waals surface area contributed by atoms with Crippen LogP contribution in [0.3, 0.4) is 0 Å². The number of hydrogen-bond acceptors (Lipinski definition) is 4. The Balaban J connectivity index is 0.000000226. The summed E-state index contributed by atoms with van der Waals surface area (Å²) in [5, 5.41) is 15.6. The molecular formula is C20H25N3O4. The van der Waals surface area contributed by atoms with E-state index in [2.05, 4.69) is 34.7 Å². The molecule has 0 saturated carbocycles. The van der Waals surface area contributed by atoms with E-state index in [-0.39, 0.29) is 0 Å². The van der Waals surface area contributed by atoms with Gasteiger partial charge in [-0.1, -0.05) is 12.1 Å². The third kappa shape index (κ3) is 4.54. The van der Waals surface area contributed by atoms with E-state index < -0.39 is 11.9 Å². The Morgan fingerprint density at radius 1 is 1.11 bits per heavy atom. The number of benzene rings is 1. The van der Waals surface area contributed by atoms with Crippen molar-refractivity contribution in [2.45, 2.75) is 38.1 Å². The van der Waals surface area contributed by atoms with Crippen LogP contribution in [0.15, 0.2) is 30.4 Å². The van der Waals surface area contributed by atoms with Gasteiger partial charge in [0.15, 0.2) is 0 Å². The largest absolute Gasteiger partial charge is 0.478 e. The zero-order valence-corrected chi connectivity index (χ0v) is 15.5. The molecule has 0 atom stereocenters. The Morgan fingerprint density at radius 2 is 1.78 bits per heavy atom. The van der Waals surface area contributed by atoms with Crippen molar-refractivity contribution in [2.75, 3.05) is 20.1 Å². The molecule has 7 heteroatoms. The molecule has 1 saturated heterocycles. The lowest BCUT2D eigenvalue weighted by Crippen LogP contribution is -2.30. The summed E-state index contributed by atoms with van der Waals surface area (Å²) in [7, 11) is 2.22. The fourth-order valence-corrected chi connectivity index (χ4v) is 3.85. The van der Waals surface area contributed by atoms with Crippen LogP contribution in [0, 0.1) is 0 Å². The van der Waals surface area contributed by atoms with Crippen molar-refractivity contribution >= 4 is 23.0 Å². The number of para-hydroxylation sites is 1. The SMILES string of the molecule is CN1CCC(c2nc3cccc4c3n2CCC4)CC1.O=C(O)/C=C/C(=O)O. The van der Waals surface area contributed by atoms with Gasteiger partial charge in [0.1, 0.15) is 5.82 Å². The number of carboxylic acid groups (broad SMARTS) is 2. The Kier molecular flexibility index (Phi) is 5.91. The zero-order chi connectivity index (χ0) is 19.4. The van der Waals surface area contributed by atoms with Gasteiger partial charge >= 0.3 is 11.9 Å². The lowest BCUT2D eigenvalue weighted by Gasteiger charge is -2.29. The standard InChI is InChI=1S/C16H21N3.C4H4O4/c1-18-10-7-13(8-11-18)16-17-14-6-2-4-12-5-3-9-19(16)15(12)14;5-3(6)1-2-4(7)8/h2,4,6,13H,3,5,7-11H2,1H3;1-2H,(H,5,6)(H,7,8)/b;2-1+. The second-order valence-corrected chi connectivity index (χ2v) is 7.10. The zero-order valence-electron chi connectivity index (χ0n) is 15.5. The molecule has 27 heavy (non-hydrogen) atoms. The minimum Gasteiger partial charge on any atom is -0.478 e.